The number of halogens is 3. The van der Waals surface area contributed by atoms with Crippen LogP contribution in [-0.2, 0) is 11.0 Å². The molecule has 98 valence electrons. The highest BCUT2D eigenvalue weighted by Crippen LogP contribution is 2.37. The van der Waals surface area contributed by atoms with Crippen molar-refractivity contribution in [2.45, 2.75) is 19.0 Å². The van der Waals surface area contributed by atoms with Crippen molar-refractivity contribution in [3.05, 3.63) is 17.8 Å². The van der Waals surface area contributed by atoms with E-state index in [4.69, 9.17) is 0 Å². The molecule has 0 bridgehead atoms. The molecule has 0 aliphatic heterocycles. The molecular weight excluding hydrogens is 249 g/mol. The summed E-state index contributed by atoms with van der Waals surface area (Å²) >= 11 is 0. The normalized spacial score (nSPS) is 15.3. The number of aromatic nitrogens is 1. The summed E-state index contributed by atoms with van der Waals surface area (Å²) in [6.07, 6.45) is -1.86. The molecule has 0 spiro atoms. The summed E-state index contributed by atoms with van der Waals surface area (Å²) < 4.78 is 42.6. The average Bonchev–Trinajstić information content (AvgIpc) is 3.11. The molecule has 0 unspecified atom stereocenters. The zero-order valence-electron chi connectivity index (χ0n) is 9.54. The van der Waals surface area contributed by atoms with Crippen molar-refractivity contribution in [2.75, 3.05) is 12.4 Å². The fourth-order valence-corrected chi connectivity index (χ4v) is 1.48. The maximum atomic E-state index is 12.7. The van der Waals surface area contributed by atoms with Crippen molar-refractivity contribution >= 4 is 11.6 Å². The Morgan fingerprint density at radius 1 is 1.50 bits per heavy atom. The minimum Gasteiger partial charge on any atom is -0.481 e. The van der Waals surface area contributed by atoms with Gasteiger partial charge in [-0.2, -0.15) is 13.2 Å². The first-order chi connectivity index (χ1) is 8.41. The van der Waals surface area contributed by atoms with Gasteiger partial charge in [-0.25, -0.2) is 4.98 Å². The van der Waals surface area contributed by atoms with Gasteiger partial charge in [-0.15, -0.1) is 0 Å². The third-order valence-corrected chi connectivity index (χ3v) is 2.57. The Morgan fingerprint density at radius 2 is 2.17 bits per heavy atom. The Morgan fingerprint density at radius 3 is 2.67 bits per heavy atom. The van der Waals surface area contributed by atoms with Crippen LogP contribution >= 0.6 is 0 Å². The Kier molecular flexibility index (Phi) is 3.14. The lowest BCUT2D eigenvalue weighted by Crippen LogP contribution is -2.15. The number of pyridine rings is 1. The van der Waals surface area contributed by atoms with Gasteiger partial charge in [0.15, 0.2) is 0 Å². The van der Waals surface area contributed by atoms with Gasteiger partial charge in [0.25, 0.3) is 0 Å². The van der Waals surface area contributed by atoms with Crippen molar-refractivity contribution < 1.29 is 22.7 Å². The van der Waals surface area contributed by atoms with Crippen molar-refractivity contribution in [3.8, 4) is 5.88 Å². The summed E-state index contributed by atoms with van der Waals surface area (Å²) in [5.74, 6) is -0.858. The molecule has 7 heteroatoms. The van der Waals surface area contributed by atoms with E-state index in [1.165, 1.54) is 0 Å². The van der Waals surface area contributed by atoms with Crippen LogP contribution in [0.3, 0.4) is 0 Å². The minimum atomic E-state index is -4.57. The lowest BCUT2D eigenvalue weighted by atomic mass is 10.2. The number of rotatable bonds is 3. The van der Waals surface area contributed by atoms with Crippen molar-refractivity contribution in [1.29, 1.82) is 0 Å². The molecule has 1 fully saturated rings. The summed E-state index contributed by atoms with van der Waals surface area (Å²) in [5.41, 5.74) is -0.973. The van der Waals surface area contributed by atoms with Gasteiger partial charge < -0.3 is 10.1 Å². The zero-order chi connectivity index (χ0) is 13.3. The van der Waals surface area contributed by atoms with Crippen LogP contribution in [0.2, 0.25) is 0 Å². The lowest BCUT2D eigenvalue weighted by Gasteiger charge is -2.12. The zero-order valence-corrected chi connectivity index (χ0v) is 9.54. The predicted molar refractivity (Wildman–Crippen MR) is 57.1 cm³/mol. The molecular formula is C11H11F3N2O2. The number of nitrogens with one attached hydrogen (secondary N) is 1. The molecule has 4 nitrogen and oxygen atoms in total. The van der Waals surface area contributed by atoms with E-state index < -0.39 is 17.6 Å². The predicted octanol–water partition coefficient (Wildman–Crippen LogP) is 2.46. The van der Waals surface area contributed by atoms with E-state index in [0.717, 1.165) is 32.2 Å². The van der Waals surface area contributed by atoms with E-state index in [2.05, 4.69) is 15.0 Å². The molecule has 1 N–H and O–H groups in total. The number of carbonyl (C=O) groups excluding carboxylic acids is 1. The second-order valence-electron chi connectivity index (χ2n) is 4.04. The summed E-state index contributed by atoms with van der Waals surface area (Å²) in [6, 6.07) is 0.826. The molecule has 1 aliphatic rings. The van der Waals surface area contributed by atoms with Crippen LogP contribution in [0.25, 0.3) is 0 Å². The summed E-state index contributed by atoms with van der Waals surface area (Å²) in [4.78, 5) is 15.0. The monoisotopic (exact) mass is 260 g/mol. The second kappa shape index (κ2) is 4.47. The standard InChI is InChI=1S/C11H11F3N2O2/c1-18-10-8(11(12,13)14)4-7(5-15-10)16-9(17)6-2-3-6/h4-6H,2-3H2,1H3,(H,16,17). The Hall–Kier alpha value is -1.79. The third-order valence-electron chi connectivity index (χ3n) is 2.57. The van der Waals surface area contributed by atoms with E-state index in [1.54, 1.807) is 0 Å². The number of hydrogen-bond donors (Lipinski definition) is 1. The van der Waals surface area contributed by atoms with Crippen molar-refractivity contribution in [2.24, 2.45) is 5.92 Å². The van der Waals surface area contributed by atoms with Gasteiger partial charge in [-0.05, 0) is 18.9 Å². The number of carbonyl (C=O) groups is 1. The van der Waals surface area contributed by atoms with Gasteiger partial charge in [-0.1, -0.05) is 0 Å². The van der Waals surface area contributed by atoms with Crippen LogP contribution in [0.15, 0.2) is 12.3 Å². The lowest BCUT2D eigenvalue weighted by molar-refractivity contribution is -0.139. The second-order valence-corrected chi connectivity index (χ2v) is 4.04. The molecule has 1 heterocycles. The topological polar surface area (TPSA) is 51.2 Å². The Balaban J connectivity index is 2.24. The first kappa shape index (κ1) is 12.7. The molecule has 1 aliphatic carbocycles. The number of nitrogens with zero attached hydrogens (tertiary/aromatic N) is 1. The van der Waals surface area contributed by atoms with Crippen LogP contribution in [0, 0.1) is 5.92 Å². The van der Waals surface area contributed by atoms with E-state index in [-0.39, 0.29) is 17.5 Å². The molecule has 0 aromatic carbocycles. The van der Waals surface area contributed by atoms with Gasteiger partial charge in [0.2, 0.25) is 11.8 Å². The van der Waals surface area contributed by atoms with Crippen molar-refractivity contribution in [1.82, 2.24) is 4.98 Å². The van der Waals surface area contributed by atoms with Crippen molar-refractivity contribution in [3.63, 3.8) is 0 Å². The van der Waals surface area contributed by atoms with E-state index in [1.807, 2.05) is 0 Å². The SMILES string of the molecule is COc1ncc(NC(=O)C2CC2)cc1C(F)(F)F. The van der Waals surface area contributed by atoms with Crippen LogP contribution in [0.4, 0.5) is 18.9 Å². The van der Waals surface area contributed by atoms with Crippen LogP contribution in [0.1, 0.15) is 18.4 Å². The first-order valence-corrected chi connectivity index (χ1v) is 5.34. The Labute approximate surface area is 101 Å². The minimum absolute atomic E-state index is 0.0278. The van der Waals surface area contributed by atoms with E-state index in [9.17, 15) is 18.0 Å². The van der Waals surface area contributed by atoms with Crippen LogP contribution in [-0.4, -0.2) is 18.0 Å². The fraction of sp³-hybridized carbons (Fsp3) is 0.455. The molecule has 0 saturated heterocycles. The fourth-order valence-electron chi connectivity index (χ4n) is 1.48. The van der Waals surface area contributed by atoms with Gasteiger partial charge in [0.05, 0.1) is 19.0 Å². The third kappa shape index (κ3) is 2.72. The average molecular weight is 260 g/mol. The number of anilines is 1. The number of ether oxygens (including phenoxy) is 1. The van der Waals surface area contributed by atoms with Crippen LogP contribution in [0.5, 0.6) is 5.88 Å². The van der Waals surface area contributed by atoms with Gasteiger partial charge in [0, 0.05) is 5.92 Å². The number of methoxy groups -OCH3 is 1. The van der Waals surface area contributed by atoms with E-state index in [0.29, 0.717) is 0 Å². The maximum absolute atomic E-state index is 12.7. The molecule has 1 aromatic heterocycles. The highest BCUT2D eigenvalue weighted by Gasteiger charge is 2.36. The number of amides is 1. The van der Waals surface area contributed by atoms with Crippen LogP contribution < -0.4 is 10.1 Å². The van der Waals surface area contributed by atoms with Gasteiger partial charge in [0.1, 0.15) is 5.56 Å². The molecule has 1 saturated carbocycles. The van der Waals surface area contributed by atoms with E-state index >= 15 is 0 Å². The maximum Gasteiger partial charge on any atom is 0.421 e. The molecule has 2 rings (SSSR count). The quantitative estimate of drug-likeness (QED) is 0.908. The smallest absolute Gasteiger partial charge is 0.421 e. The summed E-state index contributed by atoms with van der Waals surface area (Å²) in [7, 11) is 1.11. The molecule has 0 atom stereocenters. The number of alkyl halides is 3. The number of hydrogen-bond acceptors (Lipinski definition) is 3. The Bertz CT molecular complexity index is 470. The highest BCUT2D eigenvalue weighted by molar-refractivity contribution is 5.94. The molecule has 18 heavy (non-hydrogen) atoms. The molecule has 0 radical (unpaired) electrons. The molecule has 1 amide bonds. The largest absolute Gasteiger partial charge is 0.481 e. The van der Waals surface area contributed by atoms with Gasteiger partial charge in [-0.3, -0.25) is 4.79 Å². The highest BCUT2D eigenvalue weighted by atomic mass is 19.4. The summed E-state index contributed by atoms with van der Waals surface area (Å²) in [5, 5.41) is 2.41. The molecule has 1 aromatic rings. The summed E-state index contributed by atoms with van der Waals surface area (Å²) in [6.45, 7) is 0. The van der Waals surface area contributed by atoms with Gasteiger partial charge >= 0.3 is 6.18 Å². The first-order valence-electron chi connectivity index (χ1n) is 5.34.